The Balaban J connectivity index is 1.57. The van der Waals surface area contributed by atoms with Crippen molar-refractivity contribution in [2.24, 2.45) is 0 Å². The second-order valence-electron chi connectivity index (χ2n) is 6.20. The van der Waals surface area contributed by atoms with E-state index in [9.17, 15) is 9.59 Å². The molecule has 0 saturated carbocycles. The molecular formula is C22H21N3O2S. The Morgan fingerprint density at radius 3 is 2.46 bits per heavy atom. The molecule has 28 heavy (non-hydrogen) atoms. The van der Waals surface area contributed by atoms with Gasteiger partial charge in [-0.2, -0.15) is 0 Å². The zero-order chi connectivity index (χ0) is 19.8. The molecule has 0 aliphatic heterocycles. The normalized spacial score (nSPS) is 10.3. The highest BCUT2D eigenvalue weighted by Crippen LogP contribution is 2.23. The number of hydrogen-bond acceptors (Lipinski definition) is 4. The van der Waals surface area contributed by atoms with Crippen molar-refractivity contribution in [2.75, 3.05) is 11.1 Å². The fraction of sp³-hybridized carbons (Fsp3) is 0.136. The third kappa shape index (κ3) is 5.69. The Kier molecular flexibility index (Phi) is 6.81. The molecule has 2 amide bonds. The standard InChI is InChI=1S/C22H21N3O2S/c1-16-9-11-17(12-10-16)25-21(26)15-28-20-8-3-2-7-19(20)22(27)24-14-18-6-4-5-13-23-18/h2-13H,14-15H2,1H3,(H,24,27)(H,25,26). The van der Waals surface area contributed by atoms with Crippen molar-refractivity contribution in [1.82, 2.24) is 10.3 Å². The van der Waals surface area contributed by atoms with Crippen molar-refractivity contribution < 1.29 is 9.59 Å². The predicted molar refractivity (Wildman–Crippen MR) is 112 cm³/mol. The lowest BCUT2D eigenvalue weighted by Crippen LogP contribution is -2.24. The van der Waals surface area contributed by atoms with E-state index in [1.54, 1.807) is 12.3 Å². The van der Waals surface area contributed by atoms with Crippen LogP contribution in [0.1, 0.15) is 21.6 Å². The van der Waals surface area contributed by atoms with E-state index >= 15 is 0 Å². The van der Waals surface area contributed by atoms with Gasteiger partial charge in [0.1, 0.15) is 0 Å². The van der Waals surface area contributed by atoms with E-state index in [0.717, 1.165) is 21.8 Å². The summed E-state index contributed by atoms with van der Waals surface area (Å²) in [6, 6.07) is 20.5. The molecule has 0 unspecified atom stereocenters. The van der Waals surface area contributed by atoms with E-state index in [0.29, 0.717) is 12.1 Å². The predicted octanol–water partition coefficient (Wildman–Crippen LogP) is 4.05. The van der Waals surface area contributed by atoms with Gasteiger partial charge < -0.3 is 10.6 Å². The van der Waals surface area contributed by atoms with Crippen molar-refractivity contribution in [3.05, 3.63) is 89.7 Å². The van der Waals surface area contributed by atoms with Crippen LogP contribution in [0.4, 0.5) is 5.69 Å². The molecule has 0 saturated heterocycles. The highest BCUT2D eigenvalue weighted by molar-refractivity contribution is 8.00. The van der Waals surface area contributed by atoms with Gasteiger partial charge in [-0.05, 0) is 43.3 Å². The molecule has 6 heteroatoms. The van der Waals surface area contributed by atoms with Crippen LogP contribution in [0.25, 0.3) is 0 Å². The molecule has 2 N–H and O–H groups in total. The van der Waals surface area contributed by atoms with Crippen molar-refractivity contribution >= 4 is 29.3 Å². The van der Waals surface area contributed by atoms with Gasteiger partial charge in [0.15, 0.2) is 0 Å². The van der Waals surface area contributed by atoms with Crippen LogP contribution in [0.2, 0.25) is 0 Å². The van der Waals surface area contributed by atoms with Gasteiger partial charge in [0, 0.05) is 16.8 Å². The minimum absolute atomic E-state index is 0.113. The van der Waals surface area contributed by atoms with E-state index in [4.69, 9.17) is 0 Å². The topological polar surface area (TPSA) is 71.1 Å². The Morgan fingerprint density at radius 2 is 1.71 bits per heavy atom. The van der Waals surface area contributed by atoms with Crippen molar-refractivity contribution in [2.45, 2.75) is 18.4 Å². The number of carbonyl (C=O) groups excluding carboxylic acids is 2. The molecule has 0 radical (unpaired) electrons. The zero-order valence-electron chi connectivity index (χ0n) is 15.5. The maximum atomic E-state index is 12.6. The first-order chi connectivity index (χ1) is 13.6. The van der Waals surface area contributed by atoms with E-state index in [1.165, 1.54) is 11.8 Å². The molecular weight excluding hydrogens is 370 g/mol. The van der Waals surface area contributed by atoms with Gasteiger partial charge >= 0.3 is 0 Å². The number of aromatic nitrogens is 1. The zero-order valence-corrected chi connectivity index (χ0v) is 16.3. The van der Waals surface area contributed by atoms with Crippen molar-refractivity contribution in [3.63, 3.8) is 0 Å². The summed E-state index contributed by atoms with van der Waals surface area (Å²) in [4.78, 5) is 29.7. The lowest BCUT2D eigenvalue weighted by molar-refractivity contribution is -0.113. The number of amides is 2. The number of thioether (sulfide) groups is 1. The number of nitrogens with one attached hydrogen (secondary N) is 2. The quantitative estimate of drug-likeness (QED) is 0.596. The first-order valence-electron chi connectivity index (χ1n) is 8.88. The molecule has 142 valence electrons. The molecule has 1 heterocycles. The Bertz CT molecular complexity index is 944. The number of carbonyl (C=O) groups is 2. The summed E-state index contributed by atoms with van der Waals surface area (Å²) in [6.45, 7) is 2.35. The first-order valence-corrected chi connectivity index (χ1v) is 9.87. The molecule has 3 aromatic rings. The van der Waals surface area contributed by atoms with Gasteiger partial charge in [-0.25, -0.2) is 0 Å². The summed E-state index contributed by atoms with van der Waals surface area (Å²) in [5, 5.41) is 5.74. The number of hydrogen-bond donors (Lipinski definition) is 2. The molecule has 0 aliphatic rings. The van der Waals surface area contributed by atoms with Gasteiger partial charge in [0.25, 0.3) is 5.91 Å². The Hall–Kier alpha value is -3.12. The van der Waals surface area contributed by atoms with Crippen LogP contribution in [-0.4, -0.2) is 22.6 Å². The Labute approximate surface area is 168 Å². The third-order valence-corrected chi connectivity index (χ3v) is 5.06. The maximum Gasteiger partial charge on any atom is 0.252 e. The Morgan fingerprint density at radius 1 is 0.964 bits per heavy atom. The summed E-state index contributed by atoms with van der Waals surface area (Å²) in [6.07, 6.45) is 1.69. The van der Waals surface area contributed by atoms with Gasteiger partial charge in [0.05, 0.1) is 23.6 Å². The summed E-state index contributed by atoms with van der Waals surface area (Å²) in [7, 11) is 0. The minimum Gasteiger partial charge on any atom is -0.346 e. The molecule has 3 rings (SSSR count). The van der Waals surface area contributed by atoms with E-state index < -0.39 is 0 Å². The lowest BCUT2D eigenvalue weighted by Gasteiger charge is -2.10. The van der Waals surface area contributed by atoms with Crippen molar-refractivity contribution in [3.8, 4) is 0 Å². The van der Waals surface area contributed by atoms with Gasteiger partial charge in [-0.15, -0.1) is 11.8 Å². The molecule has 0 fully saturated rings. The number of rotatable bonds is 7. The second-order valence-corrected chi connectivity index (χ2v) is 7.22. The third-order valence-electron chi connectivity index (χ3n) is 3.98. The number of nitrogens with zero attached hydrogens (tertiary/aromatic N) is 1. The van der Waals surface area contributed by atoms with Crippen LogP contribution in [0.15, 0.2) is 77.8 Å². The van der Waals surface area contributed by atoms with Gasteiger partial charge in [0.2, 0.25) is 5.91 Å². The van der Waals surface area contributed by atoms with Crippen LogP contribution >= 0.6 is 11.8 Å². The summed E-state index contributed by atoms with van der Waals surface area (Å²) in [5.74, 6) is -0.0801. The number of pyridine rings is 1. The van der Waals surface area contributed by atoms with Crippen LogP contribution in [-0.2, 0) is 11.3 Å². The number of benzene rings is 2. The molecule has 2 aromatic carbocycles. The highest BCUT2D eigenvalue weighted by Gasteiger charge is 2.13. The monoisotopic (exact) mass is 391 g/mol. The largest absolute Gasteiger partial charge is 0.346 e. The van der Waals surface area contributed by atoms with Gasteiger partial charge in [-0.3, -0.25) is 14.6 Å². The smallest absolute Gasteiger partial charge is 0.252 e. The molecule has 1 aromatic heterocycles. The summed E-state index contributed by atoms with van der Waals surface area (Å²) >= 11 is 1.34. The molecule has 0 bridgehead atoms. The fourth-order valence-corrected chi connectivity index (χ4v) is 3.38. The summed E-state index contributed by atoms with van der Waals surface area (Å²) in [5.41, 5.74) is 3.24. The first kappa shape index (κ1) is 19.6. The van der Waals surface area contributed by atoms with E-state index in [2.05, 4.69) is 15.6 Å². The molecule has 0 spiro atoms. The minimum atomic E-state index is -0.187. The maximum absolute atomic E-state index is 12.6. The average molecular weight is 391 g/mol. The second kappa shape index (κ2) is 9.71. The lowest BCUT2D eigenvalue weighted by atomic mass is 10.2. The van der Waals surface area contributed by atoms with Crippen molar-refractivity contribution in [1.29, 1.82) is 0 Å². The van der Waals surface area contributed by atoms with Crippen LogP contribution in [0.3, 0.4) is 0 Å². The molecule has 0 aliphatic carbocycles. The average Bonchev–Trinajstić information content (AvgIpc) is 2.73. The SMILES string of the molecule is Cc1ccc(NC(=O)CSc2ccccc2C(=O)NCc2ccccn2)cc1. The number of aryl methyl sites for hydroxylation is 1. The molecule has 0 atom stereocenters. The van der Waals surface area contributed by atoms with Crippen LogP contribution in [0, 0.1) is 6.92 Å². The van der Waals surface area contributed by atoms with E-state index in [-0.39, 0.29) is 17.6 Å². The van der Waals surface area contributed by atoms with Crippen LogP contribution in [0.5, 0.6) is 0 Å². The van der Waals surface area contributed by atoms with E-state index in [1.807, 2.05) is 67.6 Å². The highest BCUT2D eigenvalue weighted by atomic mass is 32.2. The fourth-order valence-electron chi connectivity index (χ4n) is 2.53. The number of anilines is 1. The summed E-state index contributed by atoms with van der Waals surface area (Å²) < 4.78 is 0. The van der Waals surface area contributed by atoms with Gasteiger partial charge in [-0.1, -0.05) is 35.9 Å². The van der Waals surface area contributed by atoms with Crippen LogP contribution < -0.4 is 10.6 Å². The molecule has 5 nitrogen and oxygen atoms in total.